The fourth-order valence-corrected chi connectivity index (χ4v) is 0.361. The molecule has 0 amide bonds. The first-order chi connectivity index (χ1) is 4.60. The van der Waals surface area contributed by atoms with Gasteiger partial charge in [0.2, 0.25) is 5.60 Å². The first-order valence-corrected chi connectivity index (χ1v) is 2.65. The van der Waals surface area contributed by atoms with Crippen LogP contribution in [0.1, 0.15) is 6.92 Å². The van der Waals surface area contributed by atoms with Crippen LogP contribution in [0.5, 0.6) is 0 Å². The topological polar surface area (TPSA) is 55.8 Å². The van der Waals surface area contributed by atoms with E-state index < -0.39 is 11.6 Å². The van der Waals surface area contributed by atoms with Gasteiger partial charge in [-0.05, 0) is 13.0 Å². The molecule has 0 saturated heterocycles. The Morgan fingerprint density at radius 1 is 1.80 bits per heavy atom. The minimum absolute atomic E-state index is 0.690. The fraction of sp³-hybridized carbons (Fsp3) is 0.500. The molecule has 0 aliphatic rings. The third-order valence-electron chi connectivity index (χ3n) is 1.17. The molecular formula is C6H10O4. The van der Waals surface area contributed by atoms with Crippen LogP contribution in [0.4, 0.5) is 0 Å². The van der Waals surface area contributed by atoms with Crippen LogP contribution < -0.4 is 0 Å². The number of methoxy groups -OCH3 is 1. The van der Waals surface area contributed by atoms with Crippen molar-refractivity contribution in [2.75, 3.05) is 7.11 Å². The molecule has 1 N–H and O–H groups in total. The van der Waals surface area contributed by atoms with Crippen molar-refractivity contribution in [3.8, 4) is 0 Å². The van der Waals surface area contributed by atoms with Crippen LogP contribution in [0.3, 0.4) is 0 Å². The molecule has 0 aliphatic heterocycles. The lowest BCUT2D eigenvalue weighted by molar-refractivity contribution is -0.298. The van der Waals surface area contributed by atoms with E-state index in [0.717, 1.165) is 6.08 Å². The smallest absolute Gasteiger partial charge is 0.345 e. The van der Waals surface area contributed by atoms with Crippen molar-refractivity contribution >= 4 is 5.97 Å². The quantitative estimate of drug-likeness (QED) is 0.274. The van der Waals surface area contributed by atoms with Crippen molar-refractivity contribution in [1.29, 1.82) is 0 Å². The second-order valence-electron chi connectivity index (χ2n) is 1.89. The Bertz CT molecular complexity index is 143. The van der Waals surface area contributed by atoms with E-state index in [4.69, 9.17) is 5.26 Å². The number of hydrogen-bond acceptors (Lipinski definition) is 4. The summed E-state index contributed by atoms with van der Waals surface area (Å²) in [5.74, 6) is -0.690. The average Bonchev–Trinajstić information content (AvgIpc) is 2.01. The van der Waals surface area contributed by atoms with Gasteiger partial charge in [-0.3, -0.25) is 5.26 Å². The monoisotopic (exact) mass is 146 g/mol. The Hall–Kier alpha value is -0.870. The number of carbonyl (C=O) groups is 1. The molecule has 0 aromatic rings. The van der Waals surface area contributed by atoms with Crippen LogP contribution in [0.15, 0.2) is 12.7 Å². The first-order valence-electron chi connectivity index (χ1n) is 2.65. The highest BCUT2D eigenvalue weighted by molar-refractivity contribution is 5.81. The van der Waals surface area contributed by atoms with E-state index in [9.17, 15) is 4.79 Å². The summed E-state index contributed by atoms with van der Waals surface area (Å²) in [7, 11) is 1.20. The van der Waals surface area contributed by atoms with Gasteiger partial charge in [0.05, 0.1) is 7.11 Å². The van der Waals surface area contributed by atoms with Crippen LogP contribution in [0.25, 0.3) is 0 Å². The number of hydrogen-bond donors (Lipinski definition) is 1. The van der Waals surface area contributed by atoms with Crippen molar-refractivity contribution in [2.24, 2.45) is 0 Å². The minimum Gasteiger partial charge on any atom is -0.467 e. The summed E-state index contributed by atoms with van der Waals surface area (Å²) in [4.78, 5) is 14.6. The highest BCUT2D eigenvalue weighted by atomic mass is 17.1. The molecule has 0 unspecified atom stereocenters. The van der Waals surface area contributed by atoms with E-state index in [2.05, 4.69) is 16.2 Å². The molecule has 0 bridgehead atoms. The zero-order valence-corrected chi connectivity index (χ0v) is 5.96. The summed E-state index contributed by atoms with van der Waals surface area (Å²) < 4.78 is 4.30. The second-order valence-corrected chi connectivity index (χ2v) is 1.89. The number of ether oxygens (including phenoxy) is 1. The molecule has 0 spiro atoms. The number of rotatable bonds is 3. The highest BCUT2D eigenvalue weighted by Gasteiger charge is 2.32. The lowest BCUT2D eigenvalue weighted by Crippen LogP contribution is -2.36. The molecule has 0 aliphatic carbocycles. The molecule has 0 fully saturated rings. The molecule has 58 valence electrons. The first kappa shape index (κ1) is 9.13. The van der Waals surface area contributed by atoms with Gasteiger partial charge in [0, 0.05) is 0 Å². The molecule has 0 radical (unpaired) electrons. The van der Waals surface area contributed by atoms with E-state index in [1.807, 2.05) is 0 Å². The highest BCUT2D eigenvalue weighted by Crippen LogP contribution is 2.11. The summed E-state index contributed by atoms with van der Waals surface area (Å²) in [5.41, 5.74) is -1.45. The predicted octanol–water partition coefficient (Wildman–Crippen LogP) is 0.594. The van der Waals surface area contributed by atoms with E-state index in [1.54, 1.807) is 0 Å². The zero-order chi connectivity index (χ0) is 8.20. The maximum atomic E-state index is 10.7. The molecule has 4 heteroatoms. The molecule has 0 aromatic carbocycles. The van der Waals surface area contributed by atoms with E-state index >= 15 is 0 Å². The summed E-state index contributed by atoms with van der Waals surface area (Å²) in [6, 6.07) is 0. The normalized spacial score (nSPS) is 15.5. The minimum atomic E-state index is -1.45. The van der Waals surface area contributed by atoms with Gasteiger partial charge in [0.1, 0.15) is 0 Å². The van der Waals surface area contributed by atoms with Gasteiger partial charge in [0.15, 0.2) is 0 Å². The number of esters is 1. The lowest BCUT2D eigenvalue weighted by Gasteiger charge is -2.17. The van der Waals surface area contributed by atoms with Gasteiger partial charge in [-0.1, -0.05) is 6.58 Å². The maximum absolute atomic E-state index is 10.7. The Labute approximate surface area is 59.0 Å². The average molecular weight is 146 g/mol. The van der Waals surface area contributed by atoms with Crippen molar-refractivity contribution in [3.05, 3.63) is 12.7 Å². The van der Waals surface area contributed by atoms with Crippen LogP contribution in [0.2, 0.25) is 0 Å². The third-order valence-corrected chi connectivity index (χ3v) is 1.17. The SMILES string of the molecule is C=C[C@](C)(OO)C(=O)OC. The van der Waals surface area contributed by atoms with Crippen LogP contribution >= 0.6 is 0 Å². The lowest BCUT2D eigenvalue weighted by atomic mass is 10.1. The predicted molar refractivity (Wildman–Crippen MR) is 34.3 cm³/mol. The molecule has 4 nitrogen and oxygen atoms in total. The second kappa shape index (κ2) is 3.34. The Morgan fingerprint density at radius 3 is 2.40 bits per heavy atom. The standard InChI is InChI=1S/C6H10O4/c1-4-6(2,10-8)5(7)9-3/h4,8H,1H2,2-3H3/t6-/m0/s1. The zero-order valence-electron chi connectivity index (χ0n) is 5.96. The van der Waals surface area contributed by atoms with E-state index in [-0.39, 0.29) is 0 Å². The molecule has 1 atom stereocenters. The van der Waals surface area contributed by atoms with Crippen LogP contribution in [-0.2, 0) is 14.4 Å². The molecule has 0 rings (SSSR count). The van der Waals surface area contributed by atoms with Gasteiger partial charge < -0.3 is 4.74 Å². The van der Waals surface area contributed by atoms with Crippen molar-refractivity contribution in [2.45, 2.75) is 12.5 Å². The Morgan fingerprint density at radius 2 is 2.30 bits per heavy atom. The van der Waals surface area contributed by atoms with Crippen LogP contribution in [-0.4, -0.2) is 23.9 Å². The van der Waals surface area contributed by atoms with E-state index in [1.165, 1.54) is 14.0 Å². The molecule has 0 aromatic heterocycles. The van der Waals surface area contributed by atoms with Gasteiger partial charge >= 0.3 is 5.97 Å². The molecule has 0 heterocycles. The Balaban J connectivity index is 4.31. The largest absolute Gasteiger partial charge is 0.467 e. The van der Waals surface area contributed by atoms with Crippen molar-refractivity contribution < 1.29 is 19.7 Å². The van der Waals surface area contributed by atoms with Gasteiger partial charge in [0.25, 0.3) is 0 Å². The Kier molecular flexibility index (Phi) is 3.05. The van der Waals surface area contributed by atoms with Gasteiger partial charge in [-0.2, -0.15) is 0 Å². The molecule has 0 saturated carbocycles. The van der Waals surface area contributed by atoms with E-state index in [0.29, 0.717) is 0 Å². The van der Waals surface area contributed by atoms with Crippen molar-refractivity contribution in [1.82, 2.24) is 0 Å². The molecule has 10 heavy (non-hydrogen) atoms. The third kappa shape index (κ3) is 1.55. The van der Waals surface area contributed by atoms with Crippen molar-refractivity contribution in [3.63, 3.8) is 0 Å². The summed E-state index contributed by atoms with van der Waals surface area (Å²) in [6.07, 6.45) is 1.15. The van der Waals surface area contributed by atoms with Gasteiger partial charge in [-0.25, -0.2) is 9.68 Å². The number of carbonyl (C=O) groups excluding carboxylic acids is 1. The van der Waals surface area contributed by atoms with Gasteiger partial charge in [-0.15, -0.1) is 0 Å². The summed E-state index contributed by atoms with van der Waals surface area (Å²) in [5, 5.41) is 8.21. The molecular weight excluding hydrogens is 136 g/mol. The maximum Gasteiger partial charge on any atom is 0.345 e. The summed E-state index contributed by atoms with van der Waals surface area (Å²) in [6.45, 7) is 4.63. The fourth-order valence-electron chi connectivity index (χ4n) is 0.361. The summed E-state index contributed by atoms with van der Waals surface area (Å²) >= 11 is 0. The van der Waals surface area contributed by atoms with Crippen LogP contribution in [0, 0.1) is 0 Å².